The lowest BCUT2D eigenvalue weighted by Crippen LogP contribution is -1.97. The van der Waals surface area contributed by atoms with Crippen molar-refractivity contribution in [1.29, 1.82) is 0 Å². The van der Waals surface area contributed by atoms with E-state index in [4.69, 9.17) is 27.9 Å². The summed E-state index contributed by atoms with van der Waals surface area (Å²) in [6.07, 6.45) is 1.12. The Morgan fingerprint density at radius 3 is 2.35 bits per heavy atom. The Morgan fingerprint density at radius 1 is 1.05 bits per heavy atom. The van der Waals surface area contributed by atoms with Crippen LogP contribution in [0.5, 0.6) is 11.5 Å². The highest BCUT2D eigenvalue weighted by molar-refractivity contribution is 7.90. The third-order valence-corrected chi connectivity index (χ3v) is 4.22. The third kappa shape index (κ3) is 3.45. The van der Waals surface area contributed by atoms with Crippen LogP contribution in [0.1, 0.15) is 5.56 Å². The van der Waals surface area contributed by atoms with Gasteiger partial charge in [-0.05, 0) is 42.8 Å². The molecule has 6 heteroatoms. The maximum atomic E-state index is 11.4. The molecule has 2 aromatic rings. The Bertz CT molecular complexity index is 755. The van der Waals surface area contributed by atoms with Gasteiger partial charge in [-0.2, -0.15) is 0 Å². The molecule has 0 N–H and O–H groups in total. The fraction of sp³-hybridized carbons (Fsp3) is 0.0714. The molecule has 105 valence electrons. The third-order valence-electron chi connectivity index (χ3n) is 2.58. The fourth-order valence-electron chi connectivity index (χ4n) is 1.54. The van der Waals surface area contributed by atoms with Crippen molar-refractivity contribution in [3.63, 3.8) is 0 Å². The summed E-state index contributed by atoms with van der Waals surface area (Å²) in [4.78, 5) is 0.135. The quantitative estimate of drug-likeness (QED) is 0.839. The van der Waals surface area contributed by atoms with Gasteiger partial charge in [0.15, 0.2) is 9.84 Å². The van der Waals surface area contributed by atoms with Crippen LogP contribution >= 0.6 is 23.2 Å². The van der Waals surface area contributed by atoms with Crippen LogP contribution in [0.25, 0.3) is 0 Å². The van der Waals surface area contributed by atoms with Gasteiger partial charge in [0.25, 0.3) is 0 Å². The second-order valence-electron chi connectivity index (χ2n) is 4.22. The van der Waals surface area contributed by atoms with E-state index in [9.17, 15) is 8.42 Å². The highest BCUT2D eigenvalue weighted by atomic mass is 35.5. The van der Waals surface area contributed by atoms with E-state index in [1.165, 1.54) is 18.2 Å². The topological polar surface area (TPSA) is 43.4 Å². The number of ether oxygens (including phenoxy) is 1. The van der Waals surface area contributed by atoms with Crippen LogP contribution in [-0.2, 0) is 9.84 Å². The summed E-state index contributed by atoms with van der Waals surface area (Å²) >= 11 is 11.9. The average molecular weight is 330 g/mol. The number of halogens is 2. The molecule has 0 saturated heterocycles. The standard InChI is InChI=1S/C14H11Cl2O3S/c1-9-3-4-10(15)7-14(9)19-13-6-5-11(8-12(13)16)20(2,17)18/h3-8H,1H2,2H3. The Labute approximate surface area is 128 Å². The monoisotopic (exact) mass is 329 g/mol. The molecule has 0 heterocycles. The molecular formula is C14H11Cl2O3S. The summed E-state index contributed by atoms with van der Waals surface area (Å²) in [5, 5.41) is 0.712. The molecule has 0 unspecified atom stereocenters. The van der Waals surface area contributed by atoms with Gasteiger partial charge >= 0.3 is 0 Å². The number of sulfone groups is 1. The van der Waals surface area contributed by atoms with Crippen LogP contribution in [0, 0.1) is 6.92 Å². The van der Waals surface area contributed by atoms with Crippen LogP contribution in [0.15, 0.2) is 41.3 Å². The molecule has 2 aromatic carbocycles. The van der Waals surface area contributed by atoms with E-state index in [0.29, 0.717) is 22.1 Å². The van der Waals surface area contributed by atoms with E-state index in [2.05, 4.69) is 6.92 Å². The van der Waals surface area contributed by atoms with Gasteiger partial charge in [0, 0.05) is 11.3 Å². The van der Waals surface area contributed by atoms with Crippen LogP contribution in [0.2, 0.25) is 10.0 Å². The highest BCUT2D eigenvalue weighted by Gasteiger charge is 2.12. The first-order valence-electron chi connectivity index (χ1n) is 5.56. The largest absolute Gasteiger partial charge is 0.455 e. The van der Waals surface area contributed by atoms with Crippen molar-refractivity contribution in [1.82, 2.24) is 0 Å². The predicted molar refractivity (Wildman–Crippen MR) is 80.5 cm³/mol. The van der Waals surface area contributed by atoms with Crippen molar-refractivity contribution in [3.05, 3.63) is 58.9 Å². The lowest BCUT2D eigenvalue weighted by atomic mass is 10.2. The van der Waals surface area contributed by atoms with Gasteiger partial charge in [0.1, 0.15) is 11.5 Å². The zero-order chi connectivity index (χ0) is 14.9. The van der Waals surface area contributed by atoms with Crippen LogP contribution in [0.4, 0.5) is 0 Å². The van der Waals surface area contributed by atoms with Crippen molar-refractivity contribution >= 4 is 33.0 Å². The molecule has 0 atom stereocenters. The average Bonchev–Trinajstić information content (AvgIpc) is 2.35. The van der Waals surface area contributed by atoms with E-state index in [1.54, 1.807) is 18.2 Å². The molecule has 2 rings (SSSR count). The number of rotatable bonds is 3. The van der Waals surface area contributed by atoms with Crippen molar-refractivity contribution in [2.24, 2.45) is 0 Å². The Balaban J connectivity index is 2.38. The molecule has 1 radical (unpaired) electrons. The van der Waals surface area contributed by atoms with Crippen LogP contribution < -0.4 is 4.74 Å². The number of hydrogen-bond acceptors (Lipinski definition) is 3. The predicted octanol–water partition coefficient (Wildman–Crippen LogP) is 4.37. The van der Waals surface area contributed by atoms with Gasteiger partial charge in [-0.3, -0.25) is 0 Å². The van der Waals surface area contributed by atoms with E-state index in [-0.39, 0.29) is 9.92 Å². The molecule has 0 aliphatic carbocycles. The van der Waals surface area contributed by atoms with Gasteiger partial charge < -0.3 is 4.74 Å². The molecule has 0 aromatic heterocycles. The maximum absolute atomic E-state index is 11.4. The fourth-order valence-corrected chi connectivity index (χ4v) is 2.63. The molecule has 0 spiro atoms. The highest BCUT2D eigenvalue weighted by Crippen LogP contribution is 2.33. The maximum Gasteiger partial charge on any atom is 0.175 e. The zero-order valence-electron chi connectivity index (χ0n) is 10.6. The van der Waals surface area contributed by atoms with E-state index >= 15 is 0 Å². The van der Waals surface area contributed by atoms with Gasteiger partial charge in [-0.15, -0.1) is 0 Å². The minimum atomic E-state index is -3.30. The van der Waals surface area contributed by atoms with Crippen molar-refractivity contribution in [3.8, 4) is 11.5 Å². The molecule has 0 saturated carbocycles. The first kappa shape index (κ1) is 15.2. The minimum absolute atomic E-state index is 0.135. The molecule has 0 aliphatic heterocycles. The first-order valence-corrected chi connectivity index (χ1v) is 8.21. The SMILES string of the molecule is [CH2]c1ccc(Cl)cc1Oc1ccc(S(C)(=O)=O)cc1Cl. The van der Waals surface area contributed by atoms with Crippen molar-refractivity contribution in [2.45, 2.75) is 4.90 Å². The summed E-state index contributed by atoms with van der Waals surface area (Å²) in [5.74, 6) is 0.803. The van der Waals surface area contributed by atoms with Gasteiger partial charge in [-0.25, -0.2) is 8.42 Å². The lowest BCUT2D eigenvalue weighted by Gasteiger charge is -2.11. The molecule has 0 bridgehead atoms. The summed E-state index contributed by atoms with van der Waals surface area (Å²) in [6, 6.07) is 9.31. The Hall–Kier alpha value is -1.23. The Kier molecular flexibility index (Phi) is 4.28. The number of benzene rings is 2. The second kappa shape index (κ2) is 5.64. The second-order valence-corrected chi connectivity index (χ2v) is 7.08. The van der Waals surface area contributed by atoms with Crippen LogP contribution in [0.3, 0.4) is 0 Å². The van der Waals surface area contributed by atoms with E-state index in [1.807, 2.05) is 0 Å². The zero-order valence-corrected chi connectivity index (χ0v) is 12.9. The number of hydrogen-bond donors (Lipinski definition) is 0. The molecule has 0 amide bonds. The molecular weight excluding hydrogens is 319 g/mol. The molecule has 3 nitrogen and oxygen atoms in total. The van der Waals surface area contributed by atoms with Crippen molar-refractivity contribution < 1.29 is 13.2 Å². The van der Waals surface area contributed by atoms with Gasteiger partial charge in [0.05, 0.1) is 9.92 Å². The van der Waals surface area contributed by atoms with E-state index < -0.39 is 9.84 Å². The summed E-state index contributed by atoms with van der Waals surface area (Å²) in [6.45, 7) is 3.82. The van der Waals surface area contributed by atoms with Gasteiger partial charge in [-0.1, -0.05) is 29.3 Å². The molecule has 20 heavy (non-hydrogen) atoms. The van der Waals surface area contributed by atoms with E-state index in [0.717, 1.165) is 6.26 Å². The summed E-state index contributed by atoms with van der Waals surface area (Å²) in [7, 11) is -3.30. The van der Waals surface area contributed by atoms with Gasteiger partial charge in [0.2, 0.25) is 0 Å². The summed E-state index contributed by atoms with van der Waals surface area (Å²) < 4.78 is 28.5. The first-order chi connectivity index (χ1) is 9.27. The molecule has 0 aliphatic rings. The minimum Gasteiger partial charge on any atom is -0.455 e. The lowest BCUT2D eigenvalue weighted by molar-refractivity contribution is 0.480. The normalized spacial score (nSPS) is 11.4. The summed E-state index contributed by atoms with van der Waals surface area (Å²) in [5.41, 5.74) is 0.651. The smallest absolute Gasteiger partial charge is 0.175 e. The molecule has 0 fully saturated rings. The van der Waals surface area contributed by atoms with Crippen molar-refractivity contribution in [2.75, 3.05) is 6.26 Å². The Morgan fingerprint density at radius 2 is 1.75 bits per heavy atom. The van der Waals surface area contributed by atoms with Crippen LogP contribution in [-0.4, -0.2) is 14.7 Å².